The highest BCUT2D eigenvalue weighted by Gasteiger charge is 2.15. The fraction of sp³-hybridized carbons (Fsp3) is 0.154. The SMILES string of the molecule is CCOc1cc(C=Nn2c(-c3ccccc3)nc3ccccc3c2=O)cc(Cl)c1OCC(=O)OC. The summed E-state index contributed by atoms with van der Waals surface area (Å²) in [6.07, 6.45) is 1.49. The van der Waals surface area contributed by atoms with Gasteiger partial charge in [-0.25, -0.2) is 9.78 Å². The van der Waals surface area contributed by atoms with Gasteiger partial charge in [0.25, 0.3) is 5.56 Å². The molecule has 35 heavy (non-hydrogen) atoms. The first-order chi connectivity index (χ1) is 17.0. The molecule has 1 aromatic heterocycles. The lowest BCUT2D eigenvalue weighted by Gasteiger charge is -2.14. The molecule has 0 bridgehead atoms. The minimum atomic E-state index is -0.550. The molecule has 0 saturated carbocycles. The molecule has 0 saturated heterocycles. The van der Waals surface area contributed by atoms with Gasteiger partial charge in [0.1, 0.15) is 0 Å². The van der Waals surface area contributed by atoms with Crippen LogP contribution in [0.2, 0.25) is 5.02 Å². The Bertz CT molecular complexity index is 1450. The van der Waals surface area contributed by atoms with Crippen molar-refractivity contribution in [3.63, 3.8) is 0 Å². The van der Waals surface area contributed by atoms with Gasteiger partial charge in [-0.05, 0) is 36.8 Å². The molecule has 0 unspecified atom stereocenters. The van der Waals surface area contributed by atoms with Crippen LogP contribution >= 0.6 is 11.6 Å². The van der Waals surface area contributed by atoms with E-state index in [1.807, 2.05) is 43.3 Å². The number of halogens is 1. The number of methoxy groups -OCH3 is 1. The average Bonchev–Trinajstić information content (AvgIpc) is 2.88. The Balaban J connectivity index is 1.79. The van der Waals surface area contributed by atoms with Crippen molar-refractivity contribution < 1.29 is 19.0 Å². The summed E-state index contributed by atoms with van der Waals surface area (Å²) in [6.45, 7) is 1.84. The number of fused-ring (bicyclic) bond motifs is 1. The third-order valence-electron chi connectivity index (χ3n) is 5.00. The zero-order valence-electron chi connectivity index (χ0n) is 19.1. The summed E-state index contributed by atoms with van der Waals surface area (Å²) in [5, 5.41) is 5.11. The molecule has 0 aliphatic heterocycles. The van der Waals surface area contributed by atoms with Crippen LogP contribution < -0.4 is 15.0 Å². The average molecular weight is 492 g/mol. The third kappa shape index (κ3) is 5.33. The van der Waals surface area contributed by atoms with Gasteiger partial charge in [0.2, 0.25) is 0 Å². The van der Waals surface area contributed by atoms with Gasteiger partial charge in [-0.15, -0.1) is 0 Å². The van der Waals surface area contributed by atoms with Gasteiger partial charge in [0, 0.05) is 5.56 Å². The van der Waals surface area contributed by atoms with Crippen molar-refractivity contribution in [2.75, 3.05) is 20.3 Å². The molecule has 9 heteroatoms. The molecule has 178 valence electrons. The van der Waals surface area contributed by atoms with Crippen molar-refractivity contribution in [3.8, 4) is 22.9 Å². The molecule has 0 aliphatic rings. The van der Waals surface area contributed by atoms with Crippen molar-refractivity contribution in [1.82, 2.24) is 9.66 Å². The van der Waals surface area contributed by atoms with Crippen LogP contribution in [0.25, 0.3) is 22.3 Å². The molecule has 0 aliphatic carbocycles. The highest BCUT2D eigenvalue weighted by Crippen LogP contribution is 2.36. The van der Waals surface area contributed by atoms with Crippen molar-refractivity contribution in [1.29, 1.82) is 0 Å². The summed E-state index contributed by atoms with van der Waals surface area (Å²) in [6, 6.07) is 19.7. The van der Waals surface area contributed by atoms with E-state index in [0.29, 0.717) is 34.6 Å². The Morgan fingerprint density at radius 1 is 1.09 bits per heavy atom. The lowest BCUT2D eigenvalue weighted by Crippen LogP contribution is -2.20. The largest absolute Gasteiger partial charge is 0.490 e. The van der Waals surface area contributed by atoms with Crippen LogP contribution in [0.4, 0.5) is 0 Å². The van der Waals surface area contributed by atoms with E-state index < -0.39 is 5.97 Å². The maximum atomic E-state index is 13.3. The standard InChI is InChI=1S/C26H22ClN3O5/c1-3-34-22-14-17(13-20(27)24(22)35-16-23(31)33-2)15-28-30-25(18-9-5-4-6-10-18)29-21-12-8-7-11-19(21)26(30)32/h4-15H,3,16H2,1-2H3. The fourth-order valence-corrected chi connectivity index (χ4v) is 3.66. The van der Waals surface area contributed by atoms with Crippen LogP contribution in [0.3, 0.4) is 0 Å². The highest BCUT2D eigenvalue weighted by molar-refractivity contribution is 6.32. The monoisotopic (exact) mass is 491 g/mol. The number of aromatic nitrogens is 2. The molecule has 1 heterocycles. The van der Waals surface area contributed by atoms with E-state index in [4.69, 9.17) is 21.1 Å². The van der Waals surface area contributed by atoms with Gasteiger partial charge in [0.15, 0.2) is 23.9 Å². The lowest BCUT2D eigenvalue weighted by molar-refractivity contribution is -0.142. The Morgan fingerprint density at radius 3 is 2.57 bits per heavy atom. The van der Waals surface area contributed by atoms with Crippen molar-refractivity contribution in [2.45, 2.75) is 6.92 Å². The van der Waals surface area contributed by atoms with E-state index >= 15 is 0 Å². The van der Waals surface area contributed by atoms with Crippen molar-refractivity contribution in [2.24, 2.45) is 5.10 Å². The number of nitrogens with zero attached hydrogens (tertiary/aromatic N) is 3. The molecular formula is C26H22ClN3O5. The zero-order valence-corrected chi connectivity index (χ0v) is 19.9. The van der Waals surface area contributed by atoms with Crippen LogP contribution in [-0.4, -0.2) is 42.2 Å². The molecule has 8 nitrogen and oxygen atoms in total. The lowest BCUT2D eigenvalue weighted by atomic mass is 10.2. The van der Waals surface area contributed by atoms with Crippen molar-refractivity contribution >= 4 is 34.7 Å². The minimum absolute atomic E-state index is 0.214. The van der Waals surface area contributed by atoms with Crippen LogP contribution in [0, 0.1) is 0 Å². The Kier molecular flexibility index (Phi) is 7.42. The van der Waals surface area contributed by atoms with Gasteiger partial charge >= 0.3 is 5.97 Å². The van der Waals surface area contributed by atoms with E-state index in [1.54, 1.807) is 30.3 Å². The molecule has 4 rings (SSSR count). The summed E-state index contributed by atoms with van der Waals surface area (Å²) in [4.78, 5) is 29.5. The fourth-order valence-electron chi connectivity index (χ4n) is 3.38. The molecule has 0 N–H and O–H groups in total. The van der Waals surface area contributed by atoms with Crippen LogP contribution in [0.15, 0.2) is 76.6 Å². The summed E-state index contributed by atoms with van der Waals surface area (Å²) in [5.41, 5.74) is 1.58. The van der Waals surface area contributed by atoms with Crippen LogP contribution in [0.5, 0.6) is 11.5 Å². The van der Waals surface area contributed by atoms with E-state index in [-0.39, 0.29) is 22.9 Å². The molecule has 0 radical (unpaired) electrons. The summed E-state index contributed by atoms with van der Waals surface area (Å²) in [7, 11) is 1.27. The van der Waals surface area contributed by atoms with Crippen LogP contribution in [-0.2, 0) is 9.53 Å². The molecule has 0 amide bonds. The van der Waals surface area contributed by atoms with E-state index in [9.17, 15) is 9.59 Å². The maximum Gasteiger partial charge on any atom is 0.343 e. The topological polar surface area (TPSA) is 92.0 Å². The number of hydrogen-bond donors (Lipinski definition) is 0. The predicted molar refractivity (Wildman–Crippen MR) is 135 cm³/mol. The first kappa shape index (κ1) is 24.0. The first-order valence-electron chi connectivity index (χ1n) is 10.8. The van der Waals surface area contributed by atoms with E-state index in [2.05, 4.69) is 14.8 Å². The smallest absolute Gasteiger partial charge is 0.343 e. The second-order valence-electron chi connectivity index (χ2n) is 7.31. The molecule has 0 atom stereocenters. The second kappa shape index (κ2) is 10.8. The Labute approximate surface area is 206 Å². The number of para-hydroxylation sites is 1. The Hall–Kier alpha value is -4.17. The van der Waals surface area contributed by atoms with E-state index in [1.165, 1.54) is 18.0 Å². The number of hydrogen-bond acceptors (Lipinski definition) is 7. The molecular weight excluding hydrogens is 470 g/mol. The van der Waals surface area contributed by atoms with Gasteiger partial charge in [-0.1, -0.05) is 54.1 Å². The minimum Gasteiger partial charge on any atom is -0.490 e. The predicted octanol–water partition coefficient (Wildman–Crippen LogP) is 4.55. The van der Waals surface area contributed by atoms with Gasteiger partial charge in [-0.2, -0.15) is 9.78 Å². The quantitative estimate of drug-likeness (QED) is 0.265. The Morgan fingerprint density at radius 2 is 1.83 bits per heavy atom. The second-order valence-corrected chi connectivity index (χ2v) is 7.72. The summed E-state index contributed by atoms with van der Waals surface area (Å²) >= 11 is 6.42. The number of carbonyl (C=O) groups excluding carboxylic acids is 1. The molecule has 0 spiro atoms. The van der Waals surface area contributed by atoms with Crippen molar-refractivity contribution in [3.05, 3.63) is 87.7 Å². The molecule has 4 aromatic rings. The number of rotatable bonds is 8. The molecule has 0 fully saturated rings. The molecule has 3 aromatic carbocycles. The summed E-state index contributed by atoms with van der Waals surface area (Å²) in [5.74, 6) is 0.397. The maximum absolute atomic E-state index is 13.3. The number of benzene rings is 3. The van der Waals surface area contributed by atoms with E-state index in [0.717, 1.165) is 5.56 Å². The van der Waals surface area contributed by atoms with Gasteiger partial charge in [0.05, 0.1) is 35.9 Å². The number of esters is 1. The van der Waals surface area contributed by atoms with Gasteiger partial charge < -0.3 is 14.2 Å². The van der Waals surface area contributed by atoms with Gasteiger partial charge in [-0.3, -0.25) is 4.79 Å². The first-order valence-corrected chi connectivity index (χ1v) is 11.2. The zero-order chi connectivity index (χ0) is 24.8. The highest BCUT2D eigenvalue weighted by atomic mass is 35.5. The third-order valence-corrected chi connectivity index (χ3v) is 5.28. The summed E-state index contributed by atoms with van der Waals surface area (Å²) < 4.78 is 17.0. The number of ether oxygens (including phenoxy) is 3. The normalized spacial score (nSPS) is 11.1. The van der Waals surface area contributed by atoms with Crippen LogP contribution in [0.1, 0.15) is 12.5 Å². The number of carbonyl (C=O) groups is 1.